The topological polar surface area (TPSA) is 0 Å². The molecule has 0 saturated carbocycles. The maximum atomic E-state index is 2.26. The Labute approximate surface area is 216 Å². The number of allylic oxidation sites excluding steroid dienone is 2. The number of aryl methyl sites for hydroxylation is 1. The number of hydrogen-bond donors (Lipinski definition) is 0. The summed E-state index contributed by atoms with van der Waals surface area (Å²) in [5.74, 6) is 0. The van der Waals surface area contributed by atoms with E-state index in [9.17, 15) is 0 Å². The van der Waals surface area contributed by atoms with Crippen LogP contribution in [0.25, 0.3) is 34.1 Å². The van der Waals surface area contributed by atoms with Gasteiger partial charge in [-0.15, -0.1) is 34.5 Å². The van der Waals surface area contributed by atoms with E-state index < -0.39 is 0 Å². The molecule has 0 atom stereocenters. The minimum Gasteiger partial charge on any atom is -0.165 e. The van der Waals surface area contributed by atoms with Crippen LogP contribution < -0.4 is 0 Å². The first-order valence-electron chi connectivity index (χ1n) is 11.0. The van der Waals surface area contributed by atoms with Gasteiger partial charge in [-0.3, -0.25) is 0 Å². The molecule has 33 heavy (non-hydrogen) atoms. The average Bonchev–Trinajstić information content (AvgIpc) is 3.24. The molecule has 0 aliphatic heterocycles. The second-order valence-electron chi connectivity index (χ2n) is 7.75. The van der Waals surface area contributed by atoms with Crippen molar-refractivity contribution in [2.24, 2.45) is 0 Å². The Balaban J connectivity index is 0.000000180. The first-order valence-corrected chi connectivity index (χ1v) is 11.0. The molecule has 0 radical (unpaired) electrons. The van der Waals surface area contributed by atoms with E-state index in [0.29, 0.717) is 0 Å². The smallest absolute Gasteiger partial charge is 0.165 e. The zero-order valence-corrected chi connectivity index (χ0v) is 21.3. The van der Waals surface area contributed by atoms with Crippen molar-refractivity contribution in [2.45, 2.75) is 6.92 Å². The predicted octanol–water partition coefficient (Wildman–Crippen LogP) is 8.94. The van der Waals surface area contributed by atoms with Gasteiger partial charge in [-0.25, -0.2) is 0 Å². The number of benzene rings is 4. The standard InChI is InChI=1S/C16H13.C16H14.Zr/c1-12-10-14-8-5-9-15(16(14)11-12)13-6-3-2-4-7-13;1-3-9-15(10-4-1)13-7-8-14-16-11-5-2-6-12-16;/h2-11H,1H3;1-14H;/q-1;;+2. The van der Waals surface area contributed by atoms with Gasteiger partial charge in [0.05, 0.1) is 0 Å². The molecule has 0 unspecified atom stereocenters. The van der Waals surface area contributed by atoms with Crippen LogP contribution in [-0.4, -0.2) is 0 Å². The molecule has 0 N–H and O–H groups in total. The summed E-state index contributed by atoms with van der Waals surface area (Å²) in [4.78, 5) is 0. The van der Waals surface area contributed by atoms with Gasteiger partial charge in [0.25, 0.3) is 0 Å². The summed E-state index contributed by atoms with van der Waals surface area (Å²) in [5, 5.41) is 2.69. The van der Waals surface area contributed by atoms with Gasteiger partial charge in [0, 0.05) is 0 Å². The van der Waals surface area contributed by atoms with Crippen LogP contribution in [0.2, 0.25) is 0 Å². The Morgan fingerprint density at radius 3 is 1.64 bits per heavy atom. The van der Waals surface area contributed by atoms with Crippen molar-refractivity contribution in [3.05, 3.63) is 150 Å². The minimum atomic E-state index is 0. The maximum Gasteiger partial charge on any atom is 2.00 e. The van der Waals surface area contributed by atoms with Crippen LogP contribution >= 0.6 is 0 Å². The van der Waals surface area contributed by atoms with Crippen LogP contribution in [0.4, 0.5) is 0 Å². The Kier molecular flexibility index (Phi) is 9.49. The fourth-order valence-corrected chi connectivity index (χ4v) is 3.72. The van der Waals surface area contributed by atoms with E-state index in [1.165, 1.54) is 38.6 Å². The molecule has 5 aromatic carbocycles. The molecule has 0 heterocycles. The van der Waals surface area contributed by atoms with Crippen molar-refractivity contribution in [3.63, 3.8) is 0 Å². The number of hydrogen-bond acceptors (Lipinski definition) is 0. The third-order valence-electron chi connectivity index (χ3n) is 5.27. The Morgan fingerprint density at radius 2 is 1.09 bits per heavy atom. The third-order valence-corrected chi connectivity index (χ3v) is 5.27. The SMILES string of the molecule is C(C=Cc1ccccc1)=Cc1ccccc1.Cc1cc2c(-c3ccccc3)cccc2[cH-]1.[Zr+2]. The molecule has 0 fully saturated rings. The summed E-state index contributed by atoms with van der Waals surface area (Å²) >= 11 is 0. The molecule has 0 amide bonds. The van der Waals surface area contributed by atoms with E-state index in [0.717, 1.165) is 0 Å². The fraction of sp³-hybridized carbons (Fsp3) is 0.0312. The van der Waals surface area contributed by atoms with Crippen molar-refractivity contribution in [1.29, 1.82) is 0 Å². The second-order valence-corrected chi connectivity index (χ2v) is 7.75. The molecule has 0 aliphatic rings. The summed E-state index contributed by atoms with van der Waals surface area (Å²) < 4.78 is 0. The van der Waals surface area contributed by atoms with Gasteiger partial charge < -0.3 is 0 Å². The summed E-state index contributed by atoms with van der Waals surface area (Å²) in [7, 11) is 0. The minimum absolute atomic E-state index is 0. The molecule has 1 heteroatoms. The molecule has 0 spiro atoms. The van der Waals surface area contributed by atoms with Crippen LogP contribution in [0, 0.1) is 6.92 Å². The second kappa shape index (κ2) is 12.8. The maximum absolute atomic E-state index is 2.26. The van der Waals surface area contributed by atoms with Gasteiger partial charge in [-0.05, 0) is 16.7 Å². The molecule has 158 valence electrons. The zero-order chi connectivity index (χ0) is 22.0. The molecule has 0 nitrogen and oxygen atoms in total. The quantitative estimate of drug-likeness (QED) is 0.170. The molecular weight excluding hydrogens is 476 g/mol. The Morgan fingerprint density at radius 1 is 0.576 bits per heavy atom. The molecule has 0 aliphatic carbocycles. The van der Waals surface area contributed by atoms with Gasteiger partial charge in [0.15, 0.2) is 0 Å². The van der Waals surface area contributed by atoms with E-state index in [2.05, 4.69) is 116 Å². The van der Waals surface area contributed by atoms with E-state index >= 15 is 0 Å². The van der Waals surface area contributed by atoms with Gasteiger partial charge in [0.2, 0.25) is 0 Å². The third kappa shape index (κ3) is 7.17. The van der Waals surface area contributed by atoms with Crippen LogP contribution in [0.1, 0.15) is 16.7 Å². The van der Waals surface area contributed by atoms with Crippen LogP contribution in [0.5, 0.6) is 0 Å². The molecule has 5 aromatic rings. The van der Waals surface area contributed by atoms with E-state index in [1.54, 1.807) is 0 Å². The first-order chi connectivity index (χ1) is 15.8. The fourth-order valence-electron chi connectivity index (χ4n) is 3.72. The van der Waals surface area contributed by atoms with Gasteiger partial charge >= 0.3 is 26.2 Å². The van der Waals surface area contributed by atoms with Crippen LogP contribution in [0.3, 0.4) is 0 Å². The predicted molar refractivity (Wildman–Crippen MR) is 141 cm³/mol. The molecule has 0 aromatic heterocycles. The summed E-state index contributed by atoms with van der Waals surface area (Å²) in [6.07, 6.45) is 8.31. The van der Waals surface area contributed by atoms with Gasteiger partial charge in [-0.1, -0.05) is 134 Å². The van der Waals surface area contributed by atoms with Crippen molar-refractivity contribution in [3.8, 4) is 11.1 Å². The molecule has 5 rings (SSSR count). The zero-order valence-electron chi connectivity index (χ0n) is 18.9. The monoisotopic (exact) mass is 501 g/mol. The average molecular weight is 503 g/mol. The number of rotatable bonds is 4. The van der Waals surface area contributed by atoms with Crippen molar-refractivity contribution >= 4 is 22.9 Å². The summed E-state index contributed by atoms with van der Waals surface area (Å²) in [6.45, 7) is 2.15. The number of fused-ring (bicyclic) bond motifs is 1. The Hall–Kier alpha value is -3.15. The van der Waals surface area contributed by atoms with E-state index in [-0.39, 0.29) is 26.2 Å². The Bertz CT molecular complexity index is 1250. The van der Waals surface area contributed by atoms with Crippen molar-refractivity contribution in [1.82, 2.24) is 0 Å². The summed E-state index contributed by atoms with van der Waals surface area (Å²) in [6, 6.07) is 42.1. The van der Waals surface area contributed by atoms with Crippen molar-refractivity contribution < 1.29 is 26.2 Å². The molecule has 0 bridgehead atoms. The van der Waals surface area contributed by atoms with Crippen molar-refractivity contribution in [2.75, 3.05) is 0 Å². The normalized spacial score (nSPS) is 10.7. The van der Waals surface area contributed by atoms with Gasteiger partial charge in [-0.2, -0.15) is 6.07 Å². The van der Waals surface area contributed by atoms with Crippen LogP contribution in [-0.2, 0) is 26.2 Å². The van der Waals surface area contributed by atoms with Crippen LogP contribution in [0.15, 0.2) is 133 Å². The van der Waals surface area contributed by atoms with E-state index in [4.69, 9.17) is 0 Å². The molecular formula is C32H27Zr+. The largest absolute Gasteiger partial charge is 2.00 e. The summed E-state index contributed by atoms with van der Waals surface area (Å²) in [5.41, 5.74) is 6.39. The van der Waals surface area contributed by atoms with Gasteiger partial charge in [0.1, 0.15) is 0 Å². The van der Waals surface area contributed by atoms with E-state index in [1.807, 2.05) is 36.4 Å². The molecule has 0 saturated heterocycles. The first kappa shape index (κ1) is 24.5.